The third kappa shape index (κ3) is 5.02. The molecule has 0 spiro atoms. The van der Waals surface area contributed by atoms with E-state index in [1.807, 2.05) is 67.6 Å². The Bertz CT molecular complexity index is 1330. The van der Waals surface area contributed by atoms with E-state index in [9.17, 15) is 0 Å². The molecule has 0 N–H and O–H groups in total. The SMILES string of the molecule is CCOc1ccc(-c2noc(CSc3nnc(Cc4ccccc4)n3-c3ccccc3)n2)cc1. The van der Waals surface area contributed by atoms with E-state index < -0.39 is 0 Å². The third-order valence-electron chi connectivity index (χ3n) is 5.14. The zero-order chi connectivity index (χ0) is 23.2. The molecule has 34 heavy (non-hydrogen) atoms. The second kappa shape index (κ2) is 10.4. The van der Waals surface area contributed by atoms with Gasteiger partial charge in [-0.1, -0.05) is 65.4 Å². The molecule has 0 bridgehead atoms. The molecule has 0 aliphatic heterocycles. The van der Waals surface area contributed by atoms with Crippen LogP contribution in [0.3, 0.4) is 0 Å². The van der Waals surface area contributed by atoms with Gasteiger partial charge in [0.1, 0.15) is 11.6 Å². The van der Waals surface area contributed by atoms with Gasteiger partial charge < -0.3 is 9.26 Å². The van der Waals surface area contributed by atoms with Crippen molar-refractivity contribution >= 4 is 11.8 Å². The van der Waals surface area contributed by atoms with Crippen molar-refractivity contribution < 1.29 is 9.26 Å². The summed E-state index contributed by atoms with van der Waals surface area (Å²) in [7, 11) is 0. The average Bonchev–Trinajstić information content (AvgIpc) is 3.52. The highest BCUT2D eigenvalue weighted by Gasteiger charge is 2.17. The van der Waals surface area contributed by atoms with Gasteiger partial charge in [0, 0.05) is 17.7 Å². The largest absolute Gasteiger partial charge is 0.494 e. The van der Waals surface area contributed by atoms with Crippen LogP contribution in [0.2, 0.25) is 0 Å². The molecule has 0 unspecified atom stereocenters. The van der Waals surface area contributed by atoms with Crippen LogP contribution in [0, 0.1) is 0 Å². The lowest BCUT2D eigenvalue weighted by Crippen LogP contribution is -2.03. The van der Waals surface area contributed by atoms with E-state index >= 15 is 0 Å². The van der Waals surface area contributed by atoms with E-state index in [4.69, 9.17) is 9.26 Å². The highest BCUT2D eigenvalue weighted by atomic mass is 32.2. The summed E-state index contributed by atoms with van der Waals surface area (Å²) in [5.74, 6) is 3.26. The lowest BCUT2D eigenvalue weighted by atomic mass is 10.1. The maximum Gasteiger partial charge on any atom is 0.237 e. The fourth-order valence-corrected chi connectivity index (χ4v) is 4.36. The van der Waals surface area contributed by atoms with Gasteiger partial charge in [-0.2, -0.15) is 4.98 Å². The number of ether oxygens (including phenoxy) is 1. The monoisotopic (exact) mass is 469 g/mol. The number of nitrogens with zero attached hydrogens (tertiary/aromatic N) is 5. The Hall–Kier alpha value is -3.91. The summed E-state index contributed by atoms with van der Waals surface area (Å²) in [4.78, 5) is 4.55. The van der Waals surface area contributed by atoms with Crippen molar-refractivity contribution in [2.45, 2.75) is 24.3 Å². The van der Waals surface area contributed by atoms with Gasteiger partial charge in [-0.3, -0.25) is 4.57 Å². The van der Waals surface area contributed by atoms with Crippen molar-refractivity contribution in [3.8, 4) is 22.8 Å². The van der Waals surface area contributed by atoms with Gasteiger partial charge in [-0.25, -0.2) is 0 Å². The van der Waals surface area contributed by atoms with Crippen LogP contribution in [0.5, 0.6) is 5.75 Å². The summed E-state index contributed by atoms with van der Waals surface area (Å²) in [6.45, 7) is 2.59. The molecular weight excluding hydrogens is 446 g/mol. The Morgan fingerprint density at radius 1 is 0.882 bits per heavy atom. The molecular formula is C26H23N5O2S. The van der Waals surface area contributed by atoms with Crippen LogP contribution < -0.4 is 4.74 Å². The van der Waals surface area contributed by atoms with E-state index in [2.05, 4.69) is 49.2 Å². The summed E-state index contributed by atoms with van der Waals surface area (Å²) in [5, 5.41) is 13.9. The number of hydrogen-bond acceptors (Lipinski definition) is 7. The zero-order valence-corrected chi connectivity index (χ0v) is 19.5. The van der Waals surface area contributed by atoms with Gasteiger partial charge in [-0.15, -0.1) is 10.2 Å². The molecule has 0 aliphatic rings. The normalized spacial score (nSPS) is 11.0. The fourth-order valence-electron chi connectivity index (χ4n) is 3.55. The Balaban J connectivity index is 1.35. The number of aromatic nitrogens is 5. The van der Waals surface area contributed by atoms with Crippen LogP contribution in [0.4, 0.5) is 0 Å². The molecule has 0 atom stereocenters. The lowest BCUT2D eigenvalue weighted by Gasteiger charge is -2.09. The highest BCUT2D eigenvalue weighted by Crippen LogP contribution is 2.27. The summed E-state index contributed by atoms with van der Waals surface area (Å²) in [6, 6.07) is 28.1. The highest BCUT2D eigenvalue weighted by molar-refractivity contribution is 7.98. The average molecular weight is 470 g/mol. The maximum atomic E-state index is 5.50. The summed E-state index contributed by atoms with van der Waals surface area (Å²) in [5.41, 5.74) is 3.07. The van der Waals surface area contributed by atoms with Crippen molar-refractivity contribution in [3.63, 3.8) is 0 Å². The van der Waals surface area contributed by atoms with Crippen molar-refractivity contribution in [3.05, 3.63) is 102 Å². The molecule has 0 aliphatic carbocycles. The quantitative estimate of drug-likeness (QED) is 0.260. The number of rotatable bonds is 9. The van der Waals surface area contributed by atoms with Crippen LogP contribution >= 0.6 is 11.8 Å². The minimum absolute atomic E-state index is 0.486. The predicted molar refractivity (Wildman–Crippen MR) is 131 cm³/mol. The van der Waals surface area contributed by atoms with Gasteiger partial charge in [0.05, 0.1) is 12.4 Å². The van der Waals surface area contributed by atoms with Gasteiger partial charge in [-0.05, 0) is 48.9 Å². The third-order valence-corrected chi connectivity index (χ3v) is 6.05. The summed E-state index contributed by atoms with van der Waals surface area (Å²) >= 11 is 1.52. The Morgan fingerprint density at radius 2 is 1.62 bits per heavy atom. The van der Waals surface area contributed by atoms with Crippen LogP contribution in [-0.4, -0.2) is 31.5 Å². The molecule has 8 heteroatoms. The standard InChI is InChI=1S/C26H23N5O2S/c1-2-32-22-15-13-20(14-16-22)25-27-24(33-30-25)18-34-26-29-28-23(17-19-9-5-3-6-10-19)31(26)21-11-7-4-8-12-21/h3-16H,2,17-18H2,1H3. The van der Waals surface area contributed by atoms with Crippen LogP contribution in [-0.2, 0) is 12.2 Å². The maximum absolute atomic E-state index is 5.50. The number of benzene rings is 3. The summed E-state index contributed by atoms with van der Waals surface area (Å²) < 4.78 is 13.1. The minimum Gasteiger partial charge on any atom is -0.494 e. The molecule has 3 aromatic carbocycles. The second-order valence-electron chi connectivity index (χ2n) is 7.49. The lowest BCUT2D eigenvalue weighted by molar-refractivity contribution is 0.340. The predicted octanol–water partition coefficient (Wildman–Crippen LogP) is 5.60. The van der Waals surface area contributed by atoms with E-state index in [1.54, 1.807) is 0 Å². The molecule has 5 rings (SSSR count). The van der Waals surface area contributed by atoms with Crippen molar-refractivity contribution in [2.24, 2.45) is 0 Å². The molecule has 7 nitrogen and oxygen atoms in total. The molecule has 0 saturated heterocycles. The van der Waals surface area contributed by atoms with Gasteiger partial charge in [0.2, 0.25) is 11.7 Å². The molecule has 2 heterocycles. The number of hydrogen-bond donors (Lipinski definition) is 0. The van der Waals surface area contributed by atoms with E-state index in [-0.39, 0.29) is 0 Å². The minimum atomic E-state index is 0.486. The van der Waals surface area contributed by atoms with E-state index in [0.29, 0.717) is 30.5 Å². The van der Waals surface area contributed by atoms with Crippen LogP contribution in [0.15, 0.2) is 94.6 Å². The smallest absolute Gasteiger partial charge is 0.237 e. The van der Waals surface area contributed by atoms with Crippen LogP contribution in [0.25, 0.3) is 17.1 Å². The topological polar surface area (TPSA) is 78.9 Å². The number of para-hydroxylation sites is 1. The molecule has 0 amide bonds. The zero-order valence-electron chi connectivity index (χ0n) is 18.7. The Kier molecular flexibility index (Phi) is 6.67. The van der Waals surface area contributed by atoms with E-state index in [1.165, 1.54) is 17.3 Å². The van der Waals surface area contributed by atoms with Gasteiger partial charge in [0.15, 0.2) is 5.16 Å². The first-order valence-electron chi connectivity index (χ1n) is 11.0. The van der Waals surface area contributed by atoms with Crippen molar-refractivity contribution in [2.75, 3.05) is 6.61 Å². The molecule has 0 radical (unpaired) electrons. The van der Waals surface area contributed by atoms with Crippen LogP contribution in [0.1, 0.15) is 24.2 Å². The van der Waals surface area contributed by atoms with E-state index in [0.717, 1.165) is 28.0 Å². The van der Waals surface area contributed by atoms with Gasteiger partial charge in [0.25, 0.3) is 0 Å². The second-order valence-corrected chi connectivity index (χ2v) is 8.43. The number of thioether (sulfide) groups is 1. The first kappa shape index (κ1) is 21.9. The summed E-state index contributed by atoms with van der Waals surface area (Å²) in [6.07, 6.45) is 0.686. The van der Waals surface area contributed by atoms with Crippen molar-refractivity contribution in [1.82, 2.24) is 24.9 Å². The van der Waals surface area contributed by atoms with Crippen molar-refractivity contribution in [1.29, 1.82) is 0 Å². The molecule has 0 saturated carbocycles. The first-order valence-corrected chi connectivity index (χ1v) is 12.0. The Labute approximate surface area is 201 Å². The molecule has 0 fully saturated rings. The molecule has 5 aromatic rings. The first-order chi connectivity index (χ1) is 16.8. The van der Waals surface area contributed by atoms with Gasteiger partial charge >= 0.3 is 0 Å². The Morgan fingerprint density at radius 3 is 2.35 bits per heavy atom. The fraction of sp³-hybridized carbons (Fsp3) is 0.154. The molecule has 170 valence electrons. The molecule has 2 aromatic heterocycles.